The Morgan fingerprint density at radius 1 is 1.47 bits per heavy atom. The number of nitrogens with one attached hydrogen (secondary N) is 1. The lowest BCUT2D eigenvalue weighted by Gasteiger charge is -2.14. The highest BCUT2D eigenvalue weighted by Crippen LogP contribution is 2.30. The number of hydrogen-bond donors (Lipinski definition) is 1. The summed E-state index contributed by atoms with van der Waals surface area (Å²) in [4.78, 5) is 5.56. The lowest BCUT2D eigenvalue weighted by molar-refractivity contribution is 0.894. The Kier molecular flexibility index (Phi) is 4.07. The van der Waals surface area contributed by atoms with Crippen molar-refractivity contribution >= 4 is 44.7 Å². The fraction of sp³-hybridized carbons (Fsp3) is 0.250. The summed E-state index contributed by atoms with van der Waals surface area (Å²) in [6.45, 7) is 4.11. The summed E-state index contributed by atoms with van der Waals surface area (Å²) in [5.74, 6) is 0.854. The van der Waals surface area contributed by atoms with Gasteiger partial charge in [-0.25, -0.2) is 4.98 Å². The first-order chi connectivity index (χ1) is 8.06. The van der Waals surface area contributed by atoms with Gasteiger partial charge in [-0.1, -0.05) is 11.6 Å². The van der Waals surface area contributed by atoms with E-state index in [0.717, 1.165) is 20.2 Å². The van der Waals surface area contributed by atoms with Gasteiger partial charge in [-0.15, -0.1) is 11.3 Å². The van der Waals surface area contributed by atoms with Gasteiger partial charge in [0.2, 0.25) is 0 Å². The molecule has 90 valence electrons. The predicted octanol–water partition coefficient (Wildman–Crippen LogP) is 5.04. The molecule has 0 saturated carbocycles. The second kappa shape index (κ2) is 5.38. The minimum atomic E-state index is 0.194. The van der Waals surface area contributed by atoms with E-state index in [1.165, 1.54) is 4.88 Å². The van der Waals surface area contributed by atoms with Crippen molar-refractivity contribution in [1.82, 2.24) is 4.98 Å². The molecule has 0 aromatic carbocycles. The molecule has 0 radical (unpaired) electrons. The van der Waals surface area contributed by atoms with Gasteiger partial charge in [0.1, 0.15) is 5.82 Å². The van der Waals surface area contributed by atoms with Crippen molar-refractivity contribution in [2.24, 2.45) is 0 Å². The van der Waals surface area contributed by atoms with Crippen molar-refractivity contribution in [3.05, 3.63) is 43.6 Å². The van der Waals surface area contributed by atoms with Crippen molar-refractivity contribution in [1.29, 1.82) is 0 Å². The van der Waals surface area contributed by atoms with E-state index in [0.29, 0.717) is 0 Å². The molecule has 0 aliphatic rings. The summed E-state index contributed by atoms with van der Waals surface area (Å²) in [5, 5.41) is 3.36. The number of rotatable bonds is 3. The molecule has 5 heteroatoms. The number of hydrogen-bond acceptors (Lipinski definition) is 3. The van der Waals surface area contributed by atoms with Crippen LogP contribution in [0.3, 0.4) is 0 Å². The van der Waals surface area contributed by atoms with E-state index in [9.17, 15) is 0 Å². The van der Waals surface area contributed by atoms with Crippen LogP contribution in [-0.2, 0) is 0 Å². The fourth-order valence-corrected chi connectivity index (χ4v) is 3.12. The molecular weight excluding hydrogens is 320 g/mol. The third kappa shape index (κ3) is 3.21. The molecule has 1 atom stereocenters. The van der Waals surface area contributed by atoms with Gasteiger partial charge in [0.15, 0.2) is 0 Å². The summed E-state index contributed by atoms with van der Waals surface area (Å²) in [6, 6.07) is 6.19. The summed E-state index contributed by atoms with van der Waals surface area (Å²) in [7, 11) is 0. The van der Waals surface area contributed by atoms with Crippen molar-refractivity contribution in [2.75, 3.05) is 5.32 Å². The monoisotopic (exact) mass is 330 g/mol. The van der Waals surface area contributed by atoms with Crippen LogP contribution in [0.25, 0.3) is 0 Å². The first-order valence-electron chi connectivity index (χ1n) is 5.20. The van der Waals surface area contributed by atoms with Gasteiger partial charge in [-0.3, -0.25) is 0 Å². The molecule has 0 aliphatic carbocycles. The Morgan fingerprint density at radius 3 is 2.82 bits per heavy atom. The highest BCUT2D eigenvalue weighted by molar-refractivity contribution is 9.10. The van der Waals surface area contributed by atoms with Crippen molar-refractivity contribution in [2.45, 2.75) is 19.9 Å². The Balaban J connectivity index is 2.15. The normalized spacial score (nSPS) is 12.5. The minimum absolute atomic E-state index is 0.194. The van der Waals surface area contributed by atoms with E-state index < -0.39 is 0 Å². The summed E-state index contributed by atoms with van der Waals surface area (Å²) >= 11 is 11.0. The summed E-state index contributed by atoms with van der Waals surface area (Å²) < 4.78 is 1.79. The first-order valence-corrected chi connectivity index (χ1v) is 7.19. The Labute approximate surface area is 118 Å². The zero-order valence-electron chi connectivity index (χ0n) is 9.50. The third-order valence-electron chi connectivity index (χ3n) is 2.35. The topological polar surface area (TPSA) is 24.9 Å². The van der Waals surface area contributed by atoms with E-state index in [4.69, 9.17) is 11.6 Å². The number of halogens is 2. The van der Waals surface area contributed by atoms with Crippen molar-refractivity contribution in [3.63, 3.8) is 0 Å². The van der Waals surface area contributed by atoms with Gasteiger partial charge < -0.3 is 5.32 Å². The molecular formula is C12H12BrClN2S. The molecule has 0 fully saturated rings. The highest BCUT2D eigenvalue weighted by Gasteiger charge is 2.10. The van der Waals surface area contributed by atoms with Crippen LogP contribution in [0, 0.1) is 6.92 Å². The molecule has 2 aromatic heterocycles. The number of nitrogens with zero attached hydrogens (tertiary/aromatic N) is 1. The van der Waals surface area contributed by atoms with Crippen LogP contribution in [0.15, 0.2) is 28.9 Å². The van der Waals surface area contributed by atoms with Gasteiger partial charge in [0.25, 0.3) is 0 Å². The first kappa shape index (κ1) is 12.9. The fourth-order valence-electron chi connectivity index (χ4n) is 1.48. The molecule has 0 spiro atoms. The van der Waals surface area contributed by atoms with Crippen molar-refractivity contribution in [3.8, 4) is 0 Å². The van der Waals surface area contributed by atoms with Crippen LogP contribution in [0.4, 0.5) is 5.82 Å². The molecule has 0 amide bonds. The van der Waals surface area contributed by atoms with Gasteiger partial charge in [0, 0.05) is 11.1 Å². The molecule has 1 unspecified atom stereocenters. The molecule has 1 N–H and O–H groups in total. The van der Waals surface area contributed by atoms with E-state index in [-0.39, 0.29) is 6.04 Å². The molecule has 2 heterocycles. The maximum Gasteiger partial charge on any atom is 0.140 e. The van der Waals surface area contributed by atoms with Crippen LogP contribution in [0.5, 0.6) is 0 Å². The van der Waals surface area contributed by atoms with E-state index >= 15 is 0 Å². The average molecular weight is 332 g/mol. The Bertz CT molecular complexity index is 527. The van der Waals surface area contributed by atoms with Crippen LogP contribution < -0.4 is 5.32 Å². The second-order valence-corrected chi connectivity index (χ2v) is 6.45. The lowest BCUT2D eigenvalue weighted by Crippen LogP contribution is -2.06. The average Bonchev–Trinajstić information content (AvgIpc) is 2.69. The van der Waals surface area contributed by atoms with Crippen LogP contribution >= 0.6 is 38.9 Å². The summed E-state index contributed by atoms with van der Waals surface area (Å²) in [6.07, 6.45) is 1.85. The minimum Gasteiger partial charge on any atom is -0.362 e. The third-order valence-corrected chi connectivity index (χ3v) is 4.37. The summed E-state index contributed by atoms with van der Waals surface area (Å²) in [5.41, 5.74) is 1.13. The largest absolute Gasteiger partial charge is 0.362 e. The lowest BCUT2D eigenvalue weighted by atomic mass is 10.2. The highest BCUT2D eigenvalue weighted by atomic mass is 79.9. The second-order valence-electron chi connectivity index (χ2n) is 3.85. The molecule has 0 saturated heterocycles. The smallest absolute Gasteiger partial charge is 0.140 e. The van der Waals surface area contributed by atoms with Crippen LogP contribution in [0.1, 0.15) is 23.4 Å². The molecule has 2 aromatic rings. The zero-order valence-corrected chi connectivity index (χ0v) is 12.7. The maximum absolute atomic E-state index is 5.93. The molecule has 17 heavy (non-hydrogen) atoms. The Hall–Kier alpha value is -0.580. The maximum atomic E-state index is 5.93. The van der Waals surface area contributed by atoms with E-state index in [1.54, 1.807) is 11.3 Å². The van der Waals surface area contributed by atoms with E-state index in [1.807, 2.05) is 31.3 Å². The number of aromatic nitrogens is 1. The quantitative estimate of drug-likeness (QED) is 0.852. The van der Waals surface area contributed by atoms with Gasteiger partial charge in [-0.05, 0) is 53.5 Å². The molecule has 2 rings (SSSR count). The number of aryl methyl sites for hydroxylation is 1. The van der Waals surface area contributed by atoms with Gasteiger partial charge >= 0.3 is 0 Å². The zero-order chi connectivity index (χ0) is 12.4. The van der Waals surface area contributed by atoms with Crippen LogP contribution in [-0.4, -0.2) is 4.98 Å². The van der Waals surface area contributed by atoms with Gasteiger partial charge in [0.05, 0.1) is 14.9 Å². The molecule has 0 bridgehead atoms. The Morgan fingerprint density at radius 2 is 2.24 bits per heavy atom. The van der Waals surface area contributed by atoms with Gasteiger partial charge in [-0.2, -0.15) is 0 Å². The molecule has 0 aliphatic heterocycles. The SMILES string of the molecule is Cc1cnc(NC(C)c2ccc(Cl)s2)c(Br)c1. The van der Waals surface area contributed by atoms with Crippen molar-refractivity contribution < 1.29 is 0 Å². The number of anilines is 1. The van der Waals surface area contributed by atoms with E-state index in [2.05, 4.69) is 33.2 Å². The predicted molar refractivity (Wildman–Crippen MR) is 78.0 cm³/mol. The number of pyridine rings is 1. The van der Waals surface area contributed by atoms with Crippen LogP contribution in [0.2, 0.25) is 4.34 Å². The molecule has 2 nitrogen and oxygen atoms in total. The number of thiophene rings is 1. The standard InChI is InChI=1S/C12H12BrClN2S/c1-7-5-9(13)12(15-6-7)16-8(2)10-3-4-11(14)17-10/h3-6,8H,1-2H3,(H,15,16).